The minimum Gasteiger partial charge on any atom is -0.302 e. The van der Waals surface area contributed by atoms with Gasteiger partial charge in [0.25, 0.3) is 5.91 Å². The van der Waals surface area contributed by atoms with Gasteiger partial charge in [-0.1, -0.05) is 20.3 Å². The van der Waals surface area contributed by atoms with Crippen LogP contribution in [0.4, 0.5) is 0 Å². The third-order valence-electron chi connectivity index (χ3n) is 3.32. The van der Waals surface area contributed by atoms with Gasteiger partial charge < -0.3 is 9.80 Å². The van der Waals surface area contributed by atoms with E-state index in [1.807, 2.05) is 20.8 Å². The Morgan fingerprint density at radius 3 is 2.29 bits per heavy atom. The summed E-state index contributed by atoms with van der Waals surface area (Å²) in [5.41, 5.74) is 0. The molecule has 1 unspecified atom stereocenters. The molecule has 98 valence electrons. The van der Waals surface area contributed by atoms with Crippen LogP contribution < -0.4 is 0 Å². The van der Waals surface area contributed by atoms with E-state index in [1.54, 1.807) is 11.9 Å². The van der Waals surface area contributed by atoms with Crippen LogP contribution >= 0.6 is 0 Å². The summed E-state index contributed by atoms with van der Waals surface area (Å²) in [6.07, 6.45) is 3.86. The molecule has 0 aromatic heterocycles. The topological polar surface area (TPSA) is 35.9 Å². The van der Waals surface area contributed by atoms with Crippen molar-refractivity contribution in [1.29, 1.82) is 0 Å². The van der Waals surface area contributed by atoms with Crippen molar-refractivity contribution in [2.45, 2.75) is 46.1 Å². The number of carbonyl (C=O) groups is 1. The number of rotatable bonds is 2. The minimum absolute atomic E-state index is 0.145. The number of amidine groups is 1. The Kier molecular flexibility index (Phi) is 5.62. The number of nitrogens with zero attached hydrogens (tertiary/aromatic N) is 3. The average molecular weight is 239 g/mol. The van der Waals surface area contributed by atoms with Crippen LogP contribution in [0.2, 0.25) is 0 Å². The molecule has 2 aliphatic rings. The first-order chi connectivity index (χ1) is 8.18. The predicted molar refractivity (Wildman–Crippen MR) is 71.3 cm³/mol. The SMILES string of the molecule is CC.CC1=NC(CN2CCCCC2)C(=O)N1C. The Morgan fingerprint density at radius 1 is 1.24 bits per heavy atom. The molecule has 2 heterocycles. The largest absolute Gasteiger partial charge is 0.302 e. The van der Waals surface area contributed by atoms with E-state index in [-0.39, 0.29) is 11.9 Å². The molecule has 0 saturated carbocycles. The number of aliphatic imine (C=N–C) groups is 1. The first kappa shape index (κ1) is 14.2. The third-order valence-corrected chi connectivity index (χ3v) is 3.32. The molecular weight excluding hydrogens is 214 g/mol. The van der Waals surface area contributed by atoms with Gasteiger partial charge in [-0.3, -0.25) is 9.79 Å². The molecular formula is C13H25N3O. The van der Waals surface area contributed by atoms with Crippen molar-refractivity contribution in [3.8, 4) is 0 Å². The summed E-state index contributed by atoms with van der Waals surface area (Å²) in [6, 6.07) is -0.145. The number of carbonyl (C=O) groups excluding carboxylic acids is 1. The lowest BCUT2D eigenvalue weighted by Crippen LogP contribution is -2.40. The molecule has 0 bridgehead atoms. The second-order valence-electron chi connectivity index (χ2n) is 4.45. The zero-order chi connectivity index (χ0) is 12.8. The molecule has 1 amide bonds. The van der Waals surface area contributed by atoms with Crippen LogP contribution in [-0.4, -0.2) is 54.3 Å². The highest BCUT2D eigenvalue weighted by Gasteiger charge is 2.31. The van der Waals surface area contributed by atoms with Crippen LogP contribution in [0.25, 0.3) is 0 Å². The van der Waals surface area contributed by atoms with Crippen molar-refractivity contribution in [2.24, 2.45) is 4.99 Å². The highest BCUT2D eigenvalue weighted by atomic mass is 16.2. The molecule has 1 fully saturated rings. The Hall–Kier alpha value is -0.900. The van der Waals surface area contributed by atoms with Gasteiger partial charge in [-0.2, -0.15) is 0 Å². The monoisotopic (exact) mass is 239 g/mol. The van der Waals surface area contributed by atoms with Gasteiger partial charge in [0.2, 0.25) is 0 Å². The zero-order valence-corrected chi connectivity index (χ0v) is 11.6. The highest BCUT2D eigenvalue weighted by Crippen LogP contribution is 2.14. The number of hydrogen-bond acceptors (Lipinski definition) is 3. The maximum absolute atomic E-state index is 11.8. The van der Waals surface area contributed by atoms with Crippen molar-refractivity contribution in [3.05, 3.63) is 0 Å². The predicted octanol–water partition coefficient (Wildman–Crippen LogP) is 1.76. The van der Waals surface area contributed by atoms with Gasteiger partial charge in [-0.15, -0.1) is 0 Å². The standard InChI is InChI=1S/C11H19N3O.C2H6/c1-9-12-10(11(15)13(9)2)8-14-6-4-3-5-7-14;1-2/h10H,3-8H2,1-2H3;1-2H3. The second kappa shape index (κ2) is 6.74. The molecule has 1 saturated heterocycles. The van der Waals surface area contributed by atoms with Crippen molar-refractivity contribution in [3.63, 3.8) is 0 Å². The van der Waals surface area contributed by atoms with Crippen LogP contribution in [0.3, 0.4) is 0 Å². The van der Waals surface area contributed by atoms with Crippen LogP contribution in [0.5, 0.6) is 0 Å². The highest BCUT2D eigenvalue weighted by molar-refractivity contribution is 6.04. The van der Waals surface area contributed by atoms with E-state index in [2.05, 4.69) is 9.89 Å². The van der Waals surface area contributed by atoms with Crippen LogP contribution in [0.1, 0.15) is 40.0 Å². The number of likely N-dealkylation sites (N-methyl/N-ethyl adjacent to an activating group) is 1. The van der Waals surface area contributed by atoms with Gasteiger partial charge >= 0.3 is 0 Å². The van der Waals surface area contributed by atoms with Gasteiger partial charge in [-0.25, -0.2) is 0 Å². The summed E-state index contributed by atoms with van der Waals surface area (Å²) in [5.74, 6) is 1.00. The molecule has 0 aromatic carbocycles. The van der Waals surface area contributed by atoms with E-state index in [0.29, 0.717) is 0 Å². The van der Waals surface area contributed by atoms with Gasteiger partial charge in [0.1, 0.15) is 11.9 Å². The molecule has 0 spiro atoms. The van der Waals surface area contributed by atoms with Crippen LogP contribution in [0.15, 0.2) is 4.99 Å². The summed E-state index contributed by atoms with van der Waals surface area (Å²) in [5, 5.41) is 0. The molecule has 0 N–H and O–H groups in total. The van der Waals surface area contributed by atoms with E-state index >= 15 is 0 Å². The quantitative estimate of drug-likeness (QED) is 0.736. The smallest absolute Gasteiger partial charge is 0.253 e. The first-order valence-corrected chi connectivity index (χ1v) is 6.73. The van der Waals surface area contributed by atoms with E-state index in [0.717, 1.165) is 25.5 Å². The lowest BCUT2D eigenvalue weighted by molar-refractivity contribution is -0.126. The van der Waals surface area contributed by atoms with Crippen LogP contribution in [-0.2, 0) is 4.79 Å². The number of likely N-dealkylation sites (tertiary alicyclic amines) is 1. The fourth-order valence-electron chi connectivity index (χ4n) is 2.26. The number of hydrogen-bond donors (Lipinski definition) is 0. The van der Waals surface area contributed by atoms with Gasteiger partial charge in [0.15, 0.2) is 0 Å². The summed E-state index contributed by atoms with van der Waals surface area (Å²) in [6.45, 7) is 8.96. The summed E-state index contributed by atoms with van der Waals surface area (Å²) in [4.78, 5) is 20.2. The fraction of sp³-hybridized carbons (Fsp3) is 0.846. The zero-order valence-electron chi connectivity index (χ0n) is 11.6. The molecule has 4 nitrogen and oxygen atoms in total. The molecule has 17 heavy (non-hydrogen) atoms. The summed E-state index contributed by atoms with van der Waals surface area (Å²) < 4.78 is 0. The van der Waals surface area contributed by atoms with Crippen molar-refractivity contribution in [2.75, 3.05) is 26.7 Å². The Morgan fingerprint density at radius 2 is 1.82 bits per heavy atom. The third kappa shape index (κ3) is 3.53. The maximum atomic E-state index is 11.8. The normalized spacial score (nSPS) is 25.4. The van der Waals surface area contributed by atoms with Crippen molar-refractivity contribution < 1.29 is 4.79 Å². The van der Waals surface area contributed by atoms with E-state index < -0.39 is 0 Å². The first-order valence-electron chi connectivity index (χ1n) is 6.73. The summed E-state index contributed by atoms with van der Waals surface area (Å²) in [7, 11) is 1.80. The van der Waals surface area contributed by atoms with Gasteiger partial charge in [0, 0.05) is 13.6 Å². The Labute approximate surface area is 105 Å². The average Bonchev–Trinajstić information content (AvgIpc) is 2.61. The minimum atomic E-state index is -0.145. The molecule has 1 atom stereocenters. The molecule has 4 heteroatoms. The van der Waals surface area contributed by atoms with E-state index in [4.69, 9.17) is 0 Å². The fourth-order valence-corrected chi connectivity index (χ4v) is 2.26. The lowest BCUT2D eigenvalue weighted by atomic mass is 10.1. The number of amides is 1. The van der Waals surface area contributed by atoms with Crippen molar-refractivity contribution in [1.82, 2.24) is 9.80 Å². The molecule has 0 aromatic rings. The summed E-state index contributed by atoms with van der Waals surface area (Å²) >= 11 is 0. The molecule has 0 aliphatic carbocycles. The maximum Gasteiger partial charge on any atom is 0.253 e. The van der Waals surface area contributed by atoms with Gasteiger partial charge in [0.05, 0.1) is 0 Å². The van der Waals surface area contributed by atoms with Crippen molar-refractivity contribution >= 4 is 11.7 Å². The molecule has 0 radical (unpaired) electrons. The number of piperidine rings is 1. The van der Waals surface area contributed by atoms with Crippen LogP contribution in [0, 0.1) is 0 Å². The molecule has 2 rings (SSSR count). The second-order valence-corrected chi connectivity index (χ2v) is 4.45. The molecule has 2 aliphatic heterocycles. The Bertz CT molecular complexity index is 282. The van der Waals surface area contributed by atoms with E-state index in [9.17, 15) is 4.79 Å². The van der Waals surface area contributed by atoms with Gasteiger partial charge in [-0.05, 0) is 32.9 Å². The van der Waals surface area contributed by atoms with E-state index in [1.165, 1.54) is 19.3 Å². The Balaban J connectivity index is 0.000000686. The lowest BCUT2D eigenvalue weighted by Gasteiger charge is -2.27.